The van der Waals surface area contributed by atoms with E-state index in [0.29, 0.717) is 0 Å². The zero-order chi connectivity index (χ0) is 22.0. The van der Waals surface area contributed by atoms with Gasteiger partial charge in [0.05, 0.1) is 45.5 Å². The highest BCUT2D eigenvalue weighted by atomic mass is 15.0. The zero-order valence-electron chi connectivity index (χ0n) is 18.8. The van der Waals surface area contributed by atoms with E-state index in [0.717, 1.165) is 45.5 Å². The highest BCUT2D eigenvalue weighted by Gasteiger charge is 2.18. The molecule has 0 saturated heterocycles. The number of nitrogens with one attached hydrogen (secondary N) is 4. The smallest absolute Gasteiger partial charge is 0.0630 e. The summed E-state index contributed by atoms with van der Waals surface area (Å²) in [5.41, 5.74) is 16.4. The van der Waals surface area contributed by atoms with Gasteiger partial charge in [-0.3, -0.25) is 0 Å². The first-order chi connectivity index (χ1) is 15.4. The van der Waals surface area contributed by atoms with Crippen molar-refractivity contribution in [2.24, 2.45) is 0 Å². The number of hydrogen-bond donors (Lipinski definition) is 4. The van der Waals surface area contributed by atoms with Gasteiger partial charge in [-0.15, -0.1) is 0 Å². The van der Waals surface area contributed by atoms with E-state index in [-0.39, 0.29) is 0 Å². The first-order valence-electron chi connectivity index (χ1n) is 11.0. The highest BCUT2D eigenvalue weighted by molar-refractivity contribution is 5.95. The average Bonchev–Trinajstić information content (AvgIpc) is 2.77. The van der Waals surface area contributed by atoms with Crippen LogP contribution in [0.2, 0.25) is 0 Å². The number of fused-ring (bicyclic) bond motifs is 4. The molecule has 6 rings (SSSR count). The summed E-state index contributed by atoms with van der Waals surface area (Å²) in [6.45, 7) is 8.60. The van der Waals surface area contributed by atoms with Crippen LogP contribution in [0.25, 0.3) is 11.1 Å². The third kappa shape index (κ3) is 2.99. The summed E-state index contributed by atoms with van der Waals surface area (Å²) in [6, 6.07) is 21.9. The second-order valence-corrected chi connectivity index (χ2v) is 8.98. The van der Waals surface area contributed by atoms with Crippen LogP contribution in [0.1, 0.15) is 22.3 Å². The molecule has 2 aliphatic heterocycles. The normalized spacial score (nSPS) is 12.8. The molecule has 2 aliphatic rings. The lowest BCUT2D eigenvalue weighted by molar-refractivity contribution is 1.32. The molecule has 4 aromatic carbocycles. The maximum Gasteiger partial charge on any atom is 0.0630 e. The van der Waals surface area contributed by atoms with E-state index in [1.807, 2.05) is 0 Å². The van der Waals surface area contributed by atoms with E-state index in [4.69, 9.17) is 0 Å². The minimum absolute atomic E-state index is 1.10. The second-order valence-electron chi connectivity index (χ2n) is 8.98. The van der Waals surface area contributed by atoms with Gasteiger partial charge in [0.15, 0.2) is 0 Å². The van der Waals surface area contributed by atoms with Crippen molar-refractivity contribution in [3.05, 3.63) is 82.9 Å². The van der Waals surface area contributed by atoms with Crippen molar-refractivity contribution in [3.8, 4) is 11.1 Å². The minimum Gasteiger partial charge on any atom is -0.352 e. The number of anilines is 8. The third-order valence-electron chi connectivity index (χ3n) is 6.72. The molecule has 0 unspecified atom stereocenters. The van der Waals surface area contributed by atoms with E-state index in [1.54, 1.807) is 0 Å². The molecule has 0 fully saturated rings. The summed E-state index contributed by atoms with van der Waals surface area (Å²) in [4.78, 5) is 0. The maximum atomic E-state index is 3.62. The van der Waals surface area contributed by atoms with Crippen LogP contribution < -0.4 is 21.3 Å². The lowest BCUT2D eigenvalue weighted by Crippen LogP contribution is -2.08. The van der Waals surface area contributed by atoms with Gasteiger partial charge in [-0.1, -0.05) is 12.1 Å². The molecular weight excluding hydrogens is 392 g/mol. The lowest BCUT2D eigenvalue weighted by atomic mass is 9.99. The van der Waals surface area contributed by atoms with Gasteiger partial charge < -0.3 is 21.3 Å². The Bertz CT molecular complexity index is 1310. The van der Waals surface area contributed by atoms with Gasteiger partial charge in [0.1, 0.15) is 0 Å². The van der Waals surface area contributed by atoms with E-state index < -0.39 is 0 Å². The van der Waals surface area contributed by atoms with Crippen LogP contribution in [0.15, 0.2) is 60.7 Å². The Morgan fingerprint density at radius 1 is 0.344 bits per heavy atom. The van der Waals surface area contributed by atoms with Gasteiger partial charge in [-0.05, 0) is 110 Å². The molecule has 4 aromatic rings. The lowest BCUT2D eigenvalue weighted by Gasteiger charge is -2.26. The second kappa shape index (κ2) is 6.79. The van der Waals surface area contributed by atoms with Crippen LogP contribution in [0.4, 0.5) is 45.5 Å². The van der Waals surface area contributed by atoms with Crippen molar-refractivity contribution in [2.45, 2.75) is 27.7 Å². The summed E-state index contributed by atoms with van der Waals surface area (Å²) < 4.78 is 0. The van der Waals surface area contributed by atoms with Crippen LogP contribution in [-0.4, -0.2) is 0 Å². The number of aryl methyl sites for hydroxylation is 4. The van der Waals surface area contributed by atoms with Gasteiger partial charge in [0.25, 0.3) is 0 Å². The predicted molar refractivity (Wildman–Crippen MR) is 137 cm³/mol. The molecule has 0 amide bonds. The van der Waals surface area contributed by atoms with Crippen molar-refractivity contribution < 1.29 is 0 Å². The van der Waals surface area contributed by atoms with Crippen molar-refractivity contribution in [1.82, 2.24) is 0 Å². The van der Waals surface area contributed by atoms with Crippen LogP contribution in [0.5, 0.6) is 0 Å². The van der Waals surface area contributed by atoms with Crippen molar-refractivity contribution in [2.75, 3.05) is 21.3 Å². The molecule has 0 aromatic heterocycles. The first kappa shape index (κ1) is 18.8. The fourth-order valence-corrected chi connectivity index (χ4v) is 4.50. The average molecular weight is 419 g/mol. The van der Waals surface area contributed by atoms with Crippen LogP contribution in [-0.2, 0) is 0 Å². The minimum atomic E-state index is 1.10. The van der Waals surface area contributed by atoms with Gasteiger partial charge >= 0.3 is 0 Å². The monoisotopic (exact) mass is 418 g/mol. The molecule has 158 valence electrons. The predicted octanol–water partition coefficient (Wildman–Crippen LogP) is 8.19. The van der Waals surface area contributed by atoms with Gasteiger partial charge in [0.2, 0.25) is 0 Å². The summed E-state index contributed by atoms with van der Waals surface area (Å²) in [5.74, 6) is 0. The zero-order valence-corrected chi connectivity index (χ0v) is 18.8. The molecule has 0 spiro atoms. The van der Waals surface area contributed by atoms with Gasteiger partial charge in [-0.2, -0.15) is 0 Å². The van der Waals surface area contributed by atoms with Crippen molar-refractivity contribution in [1.29, 1.82) is 0 Å². The fourth-order valence-electron chi connectivity index (χ4n) is 4.50. The van der Waals surface area contributed by atoms with E-state index in [2.05, 4.69) is 110 Å². The van der Waals surface area contributed by atoms with Gasteiger partial charge in [0, 0.05) is 0 Å². The maximum absolute atomic E-state index is 3.62. The van der Waals surface area contributed by atoms with E-state index >= 15 is 0 Å². The molecule has 2 heterocycles. The Labute approximate surface area is 188 Å². The van der Waals surface area contributed by atoms with Crippen molar-refractivity contribution in [3.63, 3.8) is 0 Å². The standard InChI is InChI=1S/C28H26N4/c1-15-9-23-25(11-17(15)3)31-27-13-19(5-7-21(27)29-23)20-6-8-22-28(14-20)32-26-12-18(4)16(2)10-24(26)30-22/h5-14,29-32H,1-4H3. The molecule has 4 nitrogen and oxygen atoms in total. The molecule has 0 atom stereocenters. The Morgan fingerprint density at radius 3 is 0.969 bits per heavy atom. The number of hydrogen-bond acceptors (Lipinski definition) is 4. The quantitative estimate of drug-likeness (QED) is 0.217. The van der Waals surface area contributed by atoms with Gasteiger partial charge in [-0.25, -0.2) is 0 Å². The summed E-state index contributed by atoms with van der Waals surface area (Å²) in [7, 11) is 0. The molecule has 0 aliphatic carbocycles. The topological polar surface area (TPSA) is 48.1 Å². The summed E-state index contributed by atoms with van der Waals surface area (Å²) in [5, 5.41) is 14.4. The molecule has 0 bridgehead atoms. The largest absolute Gasteiger partial charge is 0.352 e. The van der Waals surface area contributed by atoms with E-state index in [9.17, 15) is 0 Å². The molecule has 4 N–H and O–H groups in total. The SMILES string of the molecule is Cc1cc2c(cc1C)Nc1cc(-c3ccc4c(c3)Nc3cc(C)c(C)cc3N4)ccc1N2. The van der Waals surface area contributed by atoms with E-state index in [1.165, 1.54) is 33.4 Å². The molecule has 0 saturated carbocycles. The number of rotatable bonds is 1. The Kier molecular flexibility index (Phi) is 3.99. The Hall–Kier alpha value is -3.92. The van der Waals surface area contributed by atoms with Crippen LogP contribution in [0.3, 0.4) is 0 Å². The fraction of sp³-hybridized carbons (Fsp3) is 0.143. The Morgan fingerprint density at radius 2 is 0.625 bits per heavy atom. The first-order valence-corrected chi connectivity index (χ1v) is 11.0. The molecule has 4 heteroatoms. The Balaban J connectivity index is 1.34. The molecule has 32 heavy (non-hydrogen) atoms. The van der Waals surface area contributed by atoms with Crippen LogP contribution >= 0.6 is 0 Å². The number of benzene rings is 4. The highest BCUT2D eigenvalue weighted by Crippen LogP contribution is 2.44. The van der Waals surface area contributed by atoms with Crippen LogP contribution in [0, 0.1) is 27.7 Å². The summed E-state index contributed by atoms with van der Waals surface area (Å²) in [6.07, 6.45) is 0. The third-order valence-corrected chi connectivity index (χ3v) is 6.72. The summed E-state index contributed by atoms with van der Waals surface area (Å²) >= 11 is 0. The molecular formula is C28H26N4. The van der Waals surface area contributed by atoms with Crippen molar-refractivity contribution >= 4 is 45.5 Å². The molecule has 0 radical (unpaired) electrons.